The zero-order chi connectivity index (χ0) is 23.5. The highest BCUT2D eigenvalue weighted by molar-refractivity contribution is 7.99. The molecule has 0 radical (unpaired) electrons. The molecule has 0 spiro atoms. The van der Waals surface area contributed by atoms with E-state index in [9.17, 15) is 9.59 Å². The first-order valence-electron chi connectivity index (χ1n) is 10.5. The Morgan fingerprint density at radius 3 is 2.58 bits per heavy atom. The molecule has 4 aromatic rings. The second-order valence-electron chi connectivity index (χ2n) is 7.75. The van der Waals surface area contributed by atoms with Gasteiger partial charge in [0.2, 0.25) is 11.1 Å². The van der Waals surface area contributed by atoms with Gasteiger partial charge < -0.3 is 5.32 Å². The molecule has 0 aliphatic heterocycles. The van der Waals surface area contributed by atoms with Crippen LogP contribution in [-0.4, -0.2) is 41.2 Å². The van der Waals surface area contributed by atoms with E-state index in [0.717, 1.165) is 22.5 Å². The quantitative estimate of drug-likeness (QED) is 0.423. The summed E-state index contributed by atoms with van der Waals surface area (Å²) in [6.07, 6.45) is 0.212. The lowest BCUT2D eigenvalue weighted by Crippen LogP contribution is -2.23. The molecule has 9 nitrogen and oxygen atoms in total. The van der Waals surface area contributed by atoms with E-state index < -0.39 is 0 Å². The summed E-state index contributed by atoms with van der Waals surface area (Å²) in [6, 6.07) is 15.4. The van der Waals surface area contributed by atoms with Crippen LogP contribution in [0.1, 0.15) is 23.2 Å². The first-order chi connectivity index (χ1) is 15.9. The van der Waals surface area contributed by atoms with E-state index in [2.05, 4.69) is 26.9 Å². The molecular weight excluding hydrogens is 438 g/mol. The molecule has 1 N–H and O–H groups in total. The number of aryl methyl sites for hydroxylation is 2. The molecule has 0 atom stereocenters. The van der Waals surface area contributed by atoms with Crippen molar-refractivity contribution in [2.24, 2.45) is 7.05 Å². The summed E-state index contributed by atoms with van der Waals surface area (Å²) in [6.45, 7) is 5.85. The Labute approximate surface area is 195 Å². The first-order valence-corrected chi connectivity index (χ1v) is 11.5. The molecule has 10 heteroatoms. The Morgan fingerprint density at radius 1 is 1.09 bits per heavy atom. The van der Waals surface area contributed by atoms with Crippen LogP contribution in [-0.2, 0) is 11.8 Å². The third kappa shape index (κ3) is 4.61. The predicted octanol–water partition coefficient (Wildman–Crippen LogP) is 3.20. The number of tetrazole rings is 1. The summed E-state index contributed by atoms with van der Waals surface area (Å²) in [5.74, 6) is 0.231. The molecule has 0 fully saturated rings. The Kier molecular flexibility index (Phi) is 6.45. The largest absolute Gasteiger partial charge is 0.320 e. The predicted molar refractivity (Wildman–Crippen MR) is 128 cm³/mol. The normalized spacial score (nSPS) is 11.0. The van der Waals surface area contributed by atoms with Gasteiger partial charge in [0.05, 0.1) is 17.1 Å². The summed E-state index contributed by atoms with van der Waals surface area (Å²) < 4.78 is 4.95. The Morgan fingerprint density at radius 2 is 1.85 bits per heavy atom. The summed E-state index contributed by atoms with van der Waals surface area (Å²) in [4.78, 5) is 25.6. The van der Waals surface area contributed by atoms with Crippen LogP contribution in [0.3, 0.4) is 0 Å². The highest BCUT2D eigenvalue weighted by atomic mass is 32.2. The van der Waals surface area contributed by atoms with Gasteiger partial charge in [-0.15, -0.1) is 5.10 Å². The number of thioether (sulfide) groups is 1. The second-order valence-corrected chi connectivity index (χ2v) is 8.81. The van der Waals surface area contributed by atoms with Crippen molar-refractivity contribution in [2.45, 2.75) is 32.3 Å². The summed E-state index contributed by atoms with van der Waals surface area (Å²) >= 11 is 1.39. The average Bonchev–Trinajstić information content (AvgIpc) is 3.33. The molecule has 0 aliphatic carbocycles. The molecule has 0 unspecified atom stereocenters. The van der Waals surface area contributed by atoms with E-state index in [-0.39, 0.29) is 23.6 Å². The van der Waals surface area contributed by atoms with Crippen LogP contribution in [0.15, 0.2) is 58.5 Å². The number of carbonyl (C=O) groups is 1. The number of rotatable bonds is 7. The standard InChI is InChI=1S/C23H25N7O2S/c1-15-10-11-19(16(2)14-15)29-23(25-26-27-29)33-13-12-20(31)24-21-17(3)28(4)30(22(21)32)18-8-6-5-7-9-18/h5-11,14H,12-13H2,1-4H3,(H,24,31). The number of anilines is 1. The third-order valence-electron chi connectivity index (χ3n) is 5.40. The van der Waals surface area contributed by atoms with E-state index in [1.54, 1.807) is 16.4 Å². The van der Waals surface area contributed by atoms with E-state index in [0.29, 0.717) is 16.6 Å². The number of hydrogen-bond donors (Lipinski definition) is 1. The van der Waals surface area contributed by atoms with Gasteiger partial charge in [0.15, 0.2) is 0 Å². The van der Waals surface area contributed by atoms with Crippen molar-refractivity contribution in [3.63, 3.8) is 0 Å². The van der Waals surface area contributed by atoms with Crippen molar-refractivity contribution in [2.75, 3.05) is 11.1 Å². The number of nitrogens with zero attached hydrogens (tertiary/aromatic N) is 6. The minimum Gasteiger partial charge on any atom is -0.320 e. The van der Waals surface area contributed by atoms with Crippen molar-refractivity contribution in [3.8, 4) is 11.4 Å². The average molecular weight is 464 g/mol. The van der Waals surface area contributed by atoms with Gasteiger partial charge in [0, 0.05) is 19.2 Å². The molecule has 2 heterocycles. The van der Waals surface area contributed by atoms with Gasteiger partial charge >= 0.3 is 0 Å². The molecule has 2 aromatic carbocycles. The van der Waals surface area contributed by atoms with Crippen molar-refractivity contribution < 1.29 is 4.79 Å². The van der Waals surface area contributed by atoms with E-state index in [1.165, 1.54) is 16.4 Å². The summed E-state index contributed by atoms with van der Waals surface area (Å²) in [5, 5.41) is 15.4. The first kappa shape index (κ1) is 22.5. The maximum atomic E-state index is 13.0. The van der Waals surface area contributed by atoms with Crippen LogP contribution in [0.25, 0.3) is 11.4 Å². The minimum absolute atomic E-state index is 0.212. The van der Waals surface area contributed by atoms with Crippen molar-refractivity contribution >= 4 is 23.4 Å². The molecule has 0 bridgehead atoms. The van der Waals surface area contributed by atoms with Gasteiger partial charge in [-0.3, -0.25) is 14.3 Å². The highest BCUT2D eigenvalue weighted by Crippen LogP contribution is 2.22. The molecule has 0 saturated carbocycles. The lowest BCUT2D eigenvalue weighted by atomic mass is 10.1. The van der Waals surface area contributed by atoms with Crippen LogP contribution in [0, 0.1) is 20.8 Å². The van der Waals surface area contributed by atoms with Gasteiger partial charge in [-0.05, 0) is 55.0 Å². The van der Waals surface area contributed by atoms with Crippen molar-refractivity contribution in [1.82, 2.24) is 29.6 Å². The fourth-order valence-corrected chi connectivity index (χ4v) is 4.43. The molecule has 0 aliphatic rings. The monoisotopic (exact) mass is 463 g/mol. The number of para-hydroxylation sites is 1. The number of hydrogen-bond acceptors (Lipinski definition) is 6. The van der Waals surface area contributed by atoms with E-state index in [1.807, 2.05) is 63.2 Å². The number of nitrogens with one attached hydrogen (secondary N) is 1. The number of carbonyl (C=O) groups excluding carboxylic acids is 1. The van der Waals surface area contributed by atoms with Crippen LogP contribution < -0.4 is 10.9 Å². The van der Waals surface area contributed by atoms with Gasteiger partial charge in [0.1, 0.15) is 5.69 Å². The number of benzene rings is 2. The molecular formula is C23H25N7O2S. The summed E-state index contributed by atoms with van der Waals surface area (Å²) in [7, 11) is 1.79. The Bertz CT molecular complexity index is 1360. The lowest BCUT2D eigenvalue weighted by molar-refractivity contribution is -0.115. The zero-order valence-corrected chi connectivity index (χ0v) is 19.8. The van der Waals surface area contributed by atoms with E-state index in [4.69, 9.17) is 0 Å². The van der Waals surface area contributed by atoms with Gasteiger partial charge in [-0.2, -0.15) is 4.68 Å². The SMILES string of the molecule is Cc1ccc(-n2nnnc2SCCC(=O)Nc2c(C)n(C)n(-c3ccccc3)c2=O)c(C)c1. The topological polar surface area (TPSA) is 99.6 Å². The molecule has 0 saturated heterocycles. The lowest BCUT2D eigenvalue weighted by Gasteiger charge is -2.08. The van der Waals surface area contributed by atoms with Crippen molar-refractivity contribution in [3.05, 3.63) is 75.7 Å². The maximum absolute atomic E-state index is 13.0. The van der Waals surface area contributed by atoms with Crippen LogP contribution in [0.2, 0.25) is 0 Å². The minimum atomic E-state index is -0.263. The Balaban J connectivity index is 1.43. The second kappa shape index (κ2) is 9.45. The van der Waals surface area contributed by atoms with Crippen LogP contribution >= 0.6 is 11.8 Å². The molecule has 33 heavy (non-hydrogen) atoms. The zero-order valence-electron chi connectivity index (χ0n) is 18.9. The van der Waals surface area contributed by atoms with Gasteiger partial charge in [0.25, 0.3) is 5.56 Å². The number of aromatic nitrogens is 6. The Hall–Kier alpha value is -3.66. The van der Waals surface area contributed by atoms with Gasteiger partial charge in [-0.1, -0.05) is 47.7 Å². The number of amides is 1. The van der Waals surface area contributed by atoms with Crippen molar-refractivity contribution in [1.29, 1.82) is 0 Å². The molecule has 2 aromatic heterocycles. The smallest absolute Gasteiger partial charge is 0.295 e. The van der Waals surface area contributed by atoms with Crippen LogP contribution in [0.5, 0.6) is 0 Å². The fourth-order valence-electron chi connectivity index (χ4n) is 3.61. The van der Waals surface area contributed by atoms with Crippen LogP contribution in [0.4, 0.5) is 5.69 Å². The van der Waals surface area contributed by atoms with Gasteiger partial charge in [-0.25, -0.2) is 4.68 Å². The fraction of sp³-hybridized carbons (Fsp3) is 0.261. The molecule has 4 rings (SSSR count). The highest BCUT2D eigenvalue weighted by Gasteiger charge is 2.18. The molecule has 1 amide bonds. The summed E-state index contributed by atoms with van der Waals surface area (Å²) in [5.41, 5.74) is 4.58. The van der Waals surface area contributed by atoms with E-state index >= 15 is 0 Å². The third-order valence-corrected chi connectivity index (χ3v) is 6.32. The molecule has 170 valence electrons. The maximum Gasteiger partial charge on any atom is 0.295 e.